The number of hydrogen-bond donors (Lipinski definition) is 0. The van der Waals surface area contributed by atoms with Crippen LogP contribution in [0.1, 0.15) is 39.3 Å². The summed E-state index contributed by atoms with van der Waals surface area (Å²) in [6, 6.07) is 6.81. The number of hydrogen-bond acceptors (Lipinski definition) is 2. The van der Waals surface area contributed by atoms with E-state index < -0.39 is 0 Å². The van der Waals surface area contributed by atoms with Crippen LogP contribution in [0.4, 0.5) is 0 Å². The Labute approximate surface area is 119 Å². The summed E-state index contributed by atoms with van der Waals surface area (Å²) in [5.41, 5.74) is 2.48. The van der Waals surface area contributed by atoms with E-state index in [1.807, 2.05) is 9.58 Å². The molecule has 2 heterocycles. The van der Waals surface area contributed by atoms with Gasteiger partial charge in [0.2, 0.25) is 5.91 Å². The van der Waals surface area contributed by atoms with Crippen LogP contribution in [-0.2, 0) is 10.2 Å². The van der Waals surface area contributed by atoms with Crippen molar-refractivity contribution in [2.75, 3.05) is 13.1 Å². The normalized spacial score (nSPS) is 16.5. The Hall–Kier alpha value is -1.84. The highest BCUT2D eigenvalue weighted by Crippen LogP contribution is 2.27. The molecule has 0 spiro atoms. The van der Waals surface area contributed by atoms with Gasteiger partial charge in [-0.2, -0.15) is 5.10 Å². The van der Waals surface area contributed by atoms with E-state index >= 15 is 0 Å². The molecule has 1 fully saturated rings. The monoisotopic (exact) mass is 271 g/mol. The van der Waals surface area contributed by atoms with Gasteiger partial charge in [0.05, 0.1) is 11.6 Å². The fourth-order valence-electron chi connectivity index (χ4n) is 2.57. The van der Waals surface area contributed by atoms with Crippen molar-refractivity contribution in [2.24, 2.45) is 0 Å². The Balaban J connectivity index is 1.87. The second kappa shape index (κ2) is 4.33. The van der Waals surface area contributed by atoms with Gasteiger partial charge in [-0.15, -0.1) is 0 Å². The molecule has 0 unspecified atom stereocenters. The molecular formula is C16H21N3O. The van der Waals surface area contributed by atoms with Crippen LogP contribution in [0.15, 0.2) is 24.4 Å². The minimum absolute atomic E-state index is 0.139. The molecule has 0 bridgehead atoms. The summed E-state index contributed by atoms with van der Waals surface area (Å²) >= 11 is 0. The highest BCUT2D eigenvalue weighted by atomic mass is 16.2. The van der Waals surface area contributed by atoms with E-state index in [2.05, 4.69) is 50.3 Å². The number of carbonyl (C=O) groups is 1. The zero-order chi connectivity index (χ0) is 14.5. The lowest BCUT2D eigenvalue weighted by atomic mass is 9.87. The van der Waals surface area contributed by atoms with Crippen molar-refractivity contribution in [1.82, 2.24) is 14.7 Å². The highest BCUT2D eigenvalue weighted by Gasteiger charge is 2.30. The summed E-state index contributed by atoms with van der Waals surface area (Å²) in [4.78, 5) is 13.1. The molecule has 0 aliphatic carbocycles. The number of fused-ring (bicyclic) bond motifs is 1. The van der Waals surface area contributed by atoms with Crippen molar-refractivity contribution in [3.05, 3.63) is 30.0 Å². The maximum absolute atomic E-state index is 11.2. The Kier molecular flexibility index (Phi) is 2.85. The SMILES string of the molecule is CC(=O)N1CC(n2cc3ccc(C(C)(C)C)cc3n2)C1. The van der Waals surface area contributed by atoms with Crippen LogP contribution in [0.5, 0.6) is 0 Å². The zero-order valence-corrected chi connectivity index (χ0v) is 12.6. The number of nitrogens with zero attached hydrogens (tertiary/aromatic N) is 3. The zero-order valence-electron chi connectivity index (χ0n) is 12.6. The van der Waals surface area contributed by atoms with Gasteiger partial charge < -0.3 is 4.90 Å². The van der Waals surface area contributed by atoms with Gasteiger partial charge in [0.25, 0.3) is 0 Å². The summed E-state index contributed by atoms with van der Waals surface area (Å²) in [6.45, 7) is 9.79. The van der Waals surface area contributed by atoms with E-state index in [1.165, 1.54) is 10.9 Å². The van der Waals surface area contributed by atoms with Crippen molar-refractivity contribution in [2.45, 2.75) is 39.2 Å². The number of amides is 1. The lowest BCUT2D eigenvalue weighted by Gasteiger charge is -2.38. The van der Waals surface area contributed by atoms with Gasteiger partial charge in [-0.1, -0.05) is 32.9 Å². The van der Waals surface area contributed by atoms with Crippen molar-refractivity contribution in [1.29, 1.82) is 0 Å². The lowest BCUT2D eigenvalue weighted by molar-refractivity contribution is -0.134. The molecule has 3 rings (SSSR count). The van der Waals surface area contributed by atoms with E-state index in [0.717, 1.165) is 18.6 Å². The standard InChI is InChI=1S/C16H21N3O/c1-11(20)18-9-14(10-18)19-8-12-5-6-13(16(2,3)4)7-15(12)17-19/h5-8,14H,9-10H2,1-4H3. The summed E-state index contributed by atoms with van der Waals surface area (Å²) in [5.74, 6) is 0.146. The van der Waals surface area contributed by atoms with Crippen LogP contribution < -0.4 is 0 Å². The first-order chi connectivity index (χ1) is 9.34. The third-order valence-corrected chi connectivity index (χ3v) is 4.07. The minimum Gasteiger partial charge on any atom is -0.339 e. The van der Waals surface area contributed by atoms with Crippen LogP contribution >= 0.6 is 0 Å². The first-order valence-electron chi connectivity index (χ1n) is 7.09. The van der Waals surface area contributed by atoms with Crippen molar-refractivity contribution >= 4 is 16.8 Å². The average Bonchev–Trinajstić information content (AvgIpc) is 2.66. The fourth-order valence-corrected chi connectivity index (χ4v) is 2.57. The summed E-state index contributed by atoms with van der Waals surface area (Å²) < 4.78 is 2.01. The van der Waals surface area contributed by atoms with E-state index in [0.29, 0.717) is 6.04 Å². The number of aromatic nitrogens is 2. The first kappa shape index (κ1) is 13.2. The predicted octanol–water partition coefficient (Wildman–Crippen LogP) is 2.74. The van der Waals surface area contributed by atoms with Crippen molar-refractivity contribution < 1.29 is 4.79 Å². The molecule has 0 atom stereocenters. The molecule has 4 nitrogen and oxygen atoms in total. The molecule has 2 aromatic rings. The van der Waals surface area contributed by atoms with E-state index in [-0.39, 0.29) is 11.3 Å². The Morgan fingerprint density at radius 3 is 2.60 bits per heavy atom. The molecule has 1 aliphatic heterocycles. The highest BCUT2D eigenvalue weighted by molar-refractivity contribution is 5.79. The maximum Gasteiger partial charge on any atom is 0.219 e. The molecule has 20 heavy (non-hydrogen) atoms. The molecule has 1 saturated heterocycles. The largest absolute Gasteiger partial charge is 0.339 e. The van der Waals surface area contributed by atoms with Gasteiger partial charge in [-0.3, -0.25) is 9.48 Å². The lowest BCUT2D eigenvalue weighted by Crippen LogP contribution is -2.49. The molecule has 1 aliphatic rings. The van der Waals surface area contributed by atoms with Crippen LogP contribution in [0.2, 0.25) is 0 Å². The van der Waals surface area contributed by atoms with E-state index in [9.17, 15) is 4.79 Å². The third-order valence-electron chi connectivity index (χ3n) is 4.07. The molecule has 0 radical (unpaired) electrons. The fraction of sp³-hybridized carbons (Fsp3) is 0.500. The second-order valence-electron chi connectivity index (χ2n) is 6.71. The minimum atomic E-state index is 0.139. The number of likely N-dealkylation sites (tertiary alicyclic amines) is 1. The Morgan fingerprint density at radius 1 is 1.30 bits per heavy atom. The van der Waals surface area contributed by atoms with Crippen LogP contribution in [0.25, 0.3) is 10.9 Å². The molecule has 1 aromatic heterocycles. The van der Waals surface area contributed by atoms with Gasteiger partial charge in [-0.25, -0.2) is 0 Å². The molecule has 1 amide bonds. The van der Waals surface area contributed by atoms with Crippen molar-refractivity contribution in [3.8, 4) is 0 Å². The third kappa shape index (κ3) is 2.19. The topological polar surface area (TPSA) is 38.1 Å². The predicted molar refractivity (Wildman–Crippen MR) is 79.7 cm³/mol. The summed E-state index contributed by atoms with van der Waals surface area (Å²) in [6.07, 6.45) is 2.09. The summed E-state index contributed by atoms with van der Waals surface area (Å²) in [7, 11) is 0. The van der Waals surface area contributed by atoms with Crippen LogP contribution in [0.3, 0.4) is 0 Å². The van der Waals surface area contributed by atoms with Crippen LogP contribution in [-0.4, -0.2) is 33.7 Å². The Morgan fingerprint density at radius 2 is 2.00 bits per heavy atom. The molecule has 0 N–H and O–H groups in total. The smallest absolute Gasteiger partial charge is 0.219 e. The van der Waals surface area contributed by atoms with Gasteiger partial charge in [0.1, 0.15) is 0 Å². The van der Waals surface area contributed by atoms with Gasteiger partial charge in [-0.05, 0) is 17.0 Å². The molecule has 1 aromatic carbocycles. The molecule has 106 valence electrons. The molecule has 4 heteroatoms. The molecule has 0 saturated carbocycles. The van der Waals surface area contributed by atoms with Gasteiger partial charge in [0, 0.05) is 31.6 Å². The van der Waals surface area contributed by atoms with Gasteiger partial charge in [0.15, 0.2) is 0 Å². The summed E-state index contributed by atoms with van der Waals surface area (Å²) in [5, 5.41) is 5.85. The molecular weight excluding hydrogens is 250 g/mol. The van der Waals surface area contributed by atoms with Gasteiger partial charge >= 0.3 is 0 Å². The van der Waals surface area contributed by atoms with E-state index in [1.54, 1.807) is 6.92 Å². The van der Waals surface area contributed by atoms with Crippen LogP contribution in [0, 0.1) is 0 Å². The second-order valence-corrected chi connectivity index (χ2v) is 6.71. The number of rotatable bonds is 1. The Bertz CT molecular complexity index is 660. The quantitative estimate of drug-likeness (QED) is 0.800. The van der Waals surface area contributed by atoms with E-state index in [4.69, 9.17) is 0 Å². The van der Waals surface area contributed by atoms with Crippen molar-refractivity contribution in [3.63, 3.8) is 0 Å². The first-order valence-corrected chi connectivity index (χ1v) is 7.09. The maximum atomic E-state index is 11.2. The average molecular weight is 271 g/mol. The number of carbonyl (C=O) groups excluding carboxylic acids is 1. The number of benzene rings is 1.